The number of carbonyl (C=O) groups is 2. The Morgan fingerprint density at radius 3 is 2.24 bits per heavy atom. The molecule has 2 amide bonds. The Morgan fingerprint density at radius 1 is 0.912 bits per heavy atom. The first kappa shape index (κ1) is 23.6. The molecule has 4 aromatic rings. The first-order chi connectivity index (χ1) is 16.4. The second-order valence-corrected chi connectivity index (χ2v) is 9.28. The van der Waals surface area contributed by atoms with Crippen LogP contribution in [0.15, 0.2) is 84.0 Å². The lowest BCUT2D eigenvalue weighted by atomic mass is 10.1. The summed E-state index contributed by atoms with van der Waals surface area (Å²) in [5.74, 6) is 0.726. The lowest BCUT2D eigenvalue weighted by Gasteiger charge is -2.21. The Hall–Kier alpha value is -3.58. The summed E-state index contributed by atoms with van der Waals surface area (Å²) in [5.41, 5.74) is 4.26. The topological polar surface area (TPSA) is 57.9 Å². The van der Waals surface area contributed by atoms with E-state index in [0.29, 0.717) is 24.2 Å². The molecule has 0 fully saturated rings. The molecule has 2 aromatic heterocycles. The summed E-state index contributed by atoms with van der Waals surface area (Å²) in [5, 5.41) is 0. The number of hydrogen-bond donors (Lipinski definition) is 0. The van der Waals surface area contributed by atoms with E-state index in [4.69, 9.17) is 0 Å². The van der Waals surface area contributed by atoms with Gasteiger partial charge in [0.15, 0.2) is 0 Å². The van der Waals surface area contributed by atoms with Gasteiger partial charge in [-0.1, -0.05) is 18.2 Å². The first-order valence-corrected chi connectivity index (χ1v) is 12.2. The van der Waals surface area contributed by atoms with Crippen LogP contribution in [-0.2, 0) is 12.3 Å². The van der Waals surface area contributed by atoms with E-state index in [0.717, 1.165) is 27.6 Å². The summed E-state index contributed by atoms with van der Waals surface area (Å²) < 4.78 is 2.02. The molecule has 34 heavy (non-hydrogen) atoms. The van der Waals surface area contributed by atoms with Crippen molar-refractivity contribution in [2.45, 2.75) is 24.1 Å². The Labute approximate surface area is 204 Å². The summed E-state index contributed by atoms with van der Waals surface area (Å²) in [6, 6.07) is 21.1. The molecule has 2 aromatic carbocycles. The van der Waals surface area contributed by atoms with Gasteiger partial charge in [0, 0.05) is 61.4 Å². The van der Waals surface area contributed by atoms with Gasteiger partial charge in [-0.05, 0) is 61.0 Å². The van der Waals surface area contributed by atoms with E-state index in [-0.39, 0.29) is 11.8 Å². The van der Waals surface area contributed by atoms with Crippen LogP contribution in [-0.4, -0.2) is 51.6 Å². The van der Waals surface area contributed by atoms with Crippen molar-refractivity contribution in [3.8, 4) is 0 Å². The predicted octanol–water partition coefficient (Wildman–Crippen LogP) is 4.99. The maximum Gasteiger partial charge on any atom is 0.254 e. The van der Waals surface area contributed by atoms with E-state index in [9.17, 15) is 9.59 Å². The molecule has 0 atom stereocenters. The molecule has 6 nitrogen and oxygen atoms in total. The molecule has 7 heteroatoms. The number of fused-ring (bicyclic) bond motifs is 1. The van der Waals surface area contributed by atoms with E-state index in [1.165, 1.54) is 0 Å². The largest absolute Gasteiger partial charge is 0.345 e. The van der Waals surface area contributed by atoms with Crippen LogP contribution < -0.4 is 0 Å². The molecule has 174 valence electrons. The number of nitrogens with zero attached hydrogens (tertiary/aromatic N) is 4. The monoisotopic (exact) mass is 472 g/mol. The van der Waals surface area contributed by atoms with Gasteiger partial charge < -0.3 is 14.2 Å². The highest BCUT2D eigenvalue weighted by atomic mass is 32.2. The summed E-state index contributed by atoms with van der Waals surface area (Å²) in [6.07, 6.45) is 4.04. The van der Waals surface area contributed by atoms with Crippen molar-refractivity contribution < 1.29 is 9.59 Å². The van der Waals surface area contributed by atoms with Gasteiger partial charge in [-0.15, -0.1) is 11.8 Å². The van der Waals surface area contributed by atoms with E-state index < -0.39 is 0 Å². The molecule has 0 aliphatic carbocycles. The molecule has 2 heterocycles. The van der Waals surface area contributed by atoms with Crippen LogP contribution in [0.2, 0.25) is 0 Å². The van der Waals surface area contributed by atoms with E-state index in [1.807, 2.05) is 95.3 Å². The normalized spacial score (nSPS) is 10.9. The number of rotatable bonds is 8. The van der Waals surface area contributed by atoms with Gasteiger partial charge in [-0.25, -0.2) is 4.98 Å². The summed E-state index contributed by atoms with van der Waals surface area (Å²) >= 11 is 1.70. The molecule has 0 spiro atoms. The Bertz CT molecular complexity index is 1250. The molecular formula is C27H28N4O2S. The van der Waals surface area contributed by atoms with Gasteiger partial charge in [-0.2, -0.15) is 0 Å². The minimum absolute atomic E-state index is 0.00662. The average molecular weight is 473 g/mol. The van der Waals surface area contributed by atoms with Gasteiger partial charge in [-0.3, -0.25) is 9.59 Å². The van der Waals surface area contributed by atoms with Gasteiger partial charge in [0.2, 0.25) is 0 Å². The van der Waals surface area contributed by atoms with Crippen LogP contribution in [0.3, 0.4) is 0 Å². The molecule has 4 rings (SSSR count). The number of hydrogen-bond acceptors (Lipinski definition) is 4. The van der Waals surface area contributed by atoms with Crippen LogP contribution >= 0.6 is 11.8 Å². The Morgan fingerprint density at radius 2 is 1.59 bits per heavy atom. The SMILES string of the molecule is CCN(Cc1ccc(C(=O)N(C)C)cc1)C(=O)c1ccc(SCc2cn3ccccc3n2)cc1. The fourth-order valence-electron chi connectivity index (χ4n) is 3.65. The average Bonchev–Trinajstić information content (AvgIpc) is 3.29. The van der Waals surface area contributed by atoms with E-state index >= 15 is 0 Å². The second-order valence-electron chi connectivity index (χ2n) is 8.23. The fourth-order valence-corrected chi connectivity index (χ4v) is 4.43. The van der Waals surface area contributed by atoms with Crippen LogP contribution in [0.25, 0.3) is 5.65 Å². The number of amides is 2. The Kier molecular flexibility index (Phi) is 7.33. The lowest BCUT2D eigenvalue weighted by Crippen LogP contribution is -2.30. The summed E-state index contributed by atoms with van der Waals surface area (Å²) in [6.45, 7) is 3.07. The smallest absolute Gasteiger partial charge is 0.254 e. The van der Waals surface area contributed by atoms with Crippen molar-refractivity contribution in [2.75, 3.05) is 20.6 Å². The van der Waals surface area contributed by atoms with Gasteiger partial charge >= 0.3 is 0 Å². The molecule has 0 saturated heterocycles. The van der Waals surface area contributed by atoms with Crippen molar-refractivity contribution >= 4 is 29.2 Å². The van der Waals surface area contributed by atoms with Crippen molar-refractivity contribution in [3.05, 3.63) is 102 Å². The second kappa shape index (κ2) is 10.6. The number of aromatic nitrogens is 2. The van der Waals surface area contributed by atoms with E-state index in [1.54, 1.807) is 30.8 Å². The van der Waals surface area contributed by atoms with Crippen molar-refractivity contribution in [1.29, 1.82) is 0 Å². The number of imidazole rings is 1. The molecule has 0 aliphatic heterocycles. The summed E-state index contributed by atoms with van der Waals surface area (Å²) in [7, 11) is 3.47. The number of benzene rings is 2. The maximum absolute atomic E-state index is 13.1. The zero-order chi connectivity index (χ0) is 24.1. The number of thioether (sulfide) groups is 1. The highest BCUT2D eigenvalue weighted by molar-refractivity contribution is 7.98. The van der Waals surface area contributed by atoms with E-state index in [2.05, 4.69) is 4.98 Å². The Balaban J connectivity index is 1.37. The fraction of sp³-hybridized carbons (Fsp3) is 0.222. The number of pyridine rings is 1. The molecular weight excluding hydrogens is 444 g/mol. The first-order valence-electron chi connectivity index (χ1n) is 11.2. The van der Waals surface area contributed by atoms with Crippen LogP contribution in [0, 0.1) is 0 Å². The van der Waals surface area contributed by atoms with Crippen LogP contribution in [0.1, 0.15) is 38.9 Å². The highest BCUT2D eigenvalue weighted by Gasteiger charge is 2.15. The predicted molar refractivity (Wildman–Crippen MR) is 136 cm³/mol. The van der Waals surface area contributed by atoms with Gasteiger partial charge in [0.1, 0.15) is 5.65 Å². The van der Waals surface area contributed by atoms with Crippen molar-refractivity contribution in [1.82, 2.24) is 19.2 Å². The van der Waals surface area contributed by atoms with Crippen LogP contribution in [0.4, 0.5) is 0 Å². The highest BCUT2D eigenvalue weighted by Crippen LogP contribution is 2.23. The lowest BCUT2D eigenvalue weighted by molar-refractivity contribution is 0.0751. The van der Waals surface area contributed by atoms with Crippen LogP contribution in [0.5, 0.6) is 0 Å². The minimum Gasteiger partial charge on any atom is -0.345 e. The molecule has 0 saturated carbocycles. The zero-order valence-corrected chi connectivity index (χ0v) is 20.5. The molecule has 0 unspecified atom stereocenters. The zero-order valence-electron chi connectivity index (χ0n) is 19.6. The molecule has 0 radical (unpaired) electrons. The molecule has 0 aliphatic rings. The number of carbonyl (C=O) groups excluding carboxylic acids is 2. The summed E-state index contributed by atoms with van der Waals surface area (Å²) in [4.78, 5) is 34.2. The maximum atomic E-state index is 13.1. The third-order valence-corrected chi connectivity index (χ3v) is 6.60. The third-order valence-electron chi connectivity index (χ3n) is 5.55. The molecule has 0 bridgehead atoms. The quantitative estimate of drug-likeness (QED) is 0.339. The molecule has 0 N–H and O–H groups in total. The van der Waals surface area contributed by atoms with Gasteiger partial charge in [0.25, 0.3) is 11.8 Å². The minimum atomic E-state index is -0.0332. The van der Waals surface area contributed by atoms with Crippen molar-refractivity contribution in [2.24, 2.45) is 0 Å². The standard InChI is InChI=1S/C27H28N4O2S/c1-4-30(17-20-8-10-21(11-9-20)26(32)29(2)3)27(33)22-12-14-24(15-13-22)34-19-23-18-31-16-6-5-7-25(31)28-23/h5-16,18H,4,17,19H2,1-3H3. The van der Waals surface area contributed by atoms with Crippen molar-refractivity contribution in [3.63, 3.8) is 0 Å². The van der Waals surface area contributed by atoms with Gasteiger partial charge in [0.05, 0.1) is 5.69 Å². The third kappa shape index (κ3) is 5.48.